The van der Waals surface area contributed by atoms with Crippen molar-refractivity contribution in [3.8, 4) is 0 Å². The zero-order valence-electron chi connectivity index (χ0n) is 11.0. The molecule has 0 aliphatic carbocycles. The van der Waals surface area contributed by atoms with Crippen LogP contribution in [0.25, 0.3) is 0 Å². The van der Waals surface area contributed by atoms with Gasteiger partial charge in [-0.1, -0.05) is 33.0 Å². The molecule has 2 heterocycles. The van der Waals surface area contributed by atoms with Gasteiger partial charge in [0.05, 0.1) is 11.6 Å². The van der Waals surface area contributed by atoms with Crippen molar-refractivity contribution in [1.29, 1.82) is 0 Å². The Morgan fingerprint density at radius 2 is 2.18 bits per heavy atom. The molecule has 94 valence electrons. The first-order valence-corrected chi connectivity index (χ1v) is 7.34. The maximum absolute atomic E-state index is 5.50. The van der Waals surface area contributed by atoms with Crippen LogP contribution in [-0.2, 0) is 5.41 Å². The fourth-order valence-corrected chi connectivity index (χ4v) is 3.51. The smallest absolute Gasteiger partial charge is 0.102 e. The highest BCUT2D eigenvalue weighted by atomic mass is 32.1. The SMILES string of the molecule is CN1CCC(=S)C(c2nc(C(C)(C)C)cs2)C1. The first kappa shape index (κ1) is 13.1. The van der Waals surface area contributed by atoms with Gasteiger partial charge in [-0.05, 0) is 13.5 Å². The number of thiocarbonyl (C=S) groups is 1. The van der Waals surface area contributed by atoms with Crippen molar-refractivity contribution in [2.75, 3.05) is 20.1 Å². The van der Waals surface area contributed by atoms with E-state index in [2.05, 4.69) is 38.1 Å². The van der Waals surface area contributed by atoms with Crippen molar-refractivity contribution >= 4 is 28.4 Å². The molecule has 0 amide bonds. The summed E-state index contributed by atoms with van der Waals surface area (Å²) in [7, 11) is 2.16. The molecule has 0 aromatic carbocycles. The number of nitrogens with zero attached hydrogens (tertiary/aromatic N) is 2. The van der Waals surface area contributed by atoms with E-state index in [-0.39, 0.29) is 5.41 Å². The average Bonchev–Trinajstić information content (AvgIpc) is 2.70. The summed E-state index contributed by atoms with van der Waals surface area (Å²) in [5, 5.41) is 3.39. The van der Waals surface area contributed by atoms with E-state index >= 15 is 0 Å². The Hall–Kier alpha value is -0.320. The van der Waals surface area contributed by atoms with E-state index in [0.717, 1.165) is 19.5 Å². The van der Waals surface area contributed by atoms with Gasteiger partial charge in [0.2, 0.25) is 0 Å². The number of hydrogen-bond donors (Lipinski definition) is 0. The molecule has 1 saturated heterocycles. The number of thiazole rings is 1. The average molecular weight is 268 g/mol. The third-order valence-corrected chi connectivity index (χ3v) is 4.66. The lowest BCUT2D eigenvalue weighted by molar-refractivity contribution is 0.320. The summed E-state index contributed by atoms with van der Waals surface area (Å²) in [5.41, 5.74) is 1.32. The molecule has 1 aliphatic heterocycles. The van der Waals surface area contributed by atoms with Gasteiger partial charge in [0.1, 0.15) is 5.01 Å². The highest BCUT2D eigenvalue weighted by molar-refractivity contribution is 7.80. The molecular formula is C13H20N2S2. The van der Waals surface area contributed by atoms with Crippen molar-refractivity contribution in [3.63, 3.8) is 0 Å². The minimum absolute atomic E-state index is 0.136. The minimum Gasteiger partial charge on any atom is -0.305 e. The first-order valence-electron chi connectivity index (χ1n) is 6.05. The van der Waals surface area contributed by atoms with Crippen LogP contribution in [-0.4, -0.2) is 34.9 Å². The fraction of sp³-hybridized carbons (Fsp3) is 0.692. The van der Waals surface area contributed by atoms with Crippen LogP contribution in [0.4, 0.5) is 0 Å². The highest BCUT2D eigenvalue weighted by Crippen LogP contribution is 2.31. The van der Waals surface area contributed by atoms with Crippen LogP contribution in [0.2, 0.25) is 0 Å². The van der Waals surface area contributed by atoms with Crippen LogP contribution in [0, 0.1) is 0 Å². The summed E-state index contributed by atoms with van der Waals surface area (Å²) in [4.78, 5) is 8.32. The summed E-state index contributed by atoms with van der Waals surface area (Å²) < 4.78 is 0. The first-order chi connectivity index (χ1) is 7.88. The second-order valence-electron chi connectivity index (χ2n) is 5.85. The summed E-state index contributed by atoms with van der Waals surface area (Å²) >= 11 is 7.27. The van der Waals surface area contributed by atoms with E-state index in [4.69, 9.17) is 17.2 Å². The van der Waals surface area contributed by atoms with E-state index in [1.54, 1.807) is 11.3 Å². The largest absolute Gasteiger partial charge is 0.305 e. The lowest BCUT2D eigenvalue weighted by Gasteiger charge is -2.29. The monoisotopic (exact) mass is 268 g/mol. The van der Waals surface area contributed by atoms with E-state index in [1.165, 1.54) is 15.6 Å². The van der Waals surface area contributed by atoms with Gasteiger partial charge in [-0.15, -0.1) is 11.3 Å². The molecular weight excluding hydrogens is 248 g/mol. The van der Waals surface area contributed by atoms with Gasteiger partial charge in [-0.25, -0.2) is 4.98 Å². The third kappa shape index (κ3) is 2.92. The van der Waals surface area contributed by atoms with Crippen molar-refractivity contribution < 1.29 is 0 Å². The van der Waals surface area contributed by atoms with Gasteiger partial charge >= 0.3 is 0 Å². The van der Waals surface area contributed by atoms with Crippen LogP contribution >= 0.6 is 23.6 Å². The van der Waals surface area contributed by atoms with E-state index < -0.39 is 0 Å². The van der Waals surface area contributed by atoms with Crippen LogP contribution in [0.1, 0.15) is 43.8 Å². The molecule has 0 saturated carbocycles. The predicted octanol–water partition coefficient (Wildman–Crippen LogP) is 3.23. The van der Waals surface area contributed by atoms with Gasteiger partial charge in [0.15, 0.2) is 0 Å². The number of hydrogen-bond acceptors (Lipinski definition) is 4. The molecule has 0 bridgehead atoms. The maximum Gasteiger partial charge on any atom is 0.102 e. The molecule has 1 aromatic heterocycles. The Labute approximate surface area is 113 Å². The molecule has 1 unspecified atom stereocenters. The summed E-state index contributed by atoms with van der Waals surface area (Å²) in [5.74, 6) is 0.366. The topological polar surface area (TPSA) is 16.1 Å². The molecule has 0 radical (unpaired) electrons. The van der Waals surface area contributed by atoms with E-state index in [1.807, 2.05) is 0 Å². The molecule has 1 aromatic rings. The van der Waals surface area contributed by atoms with Gasteiger partial charge in [0, 0.05) is 28.7 Å². The molecule has 17 heavy (non-hydrogen) atoms. The van der Waals surface area contributed by atoms with Crippen molar-refractivity contribution in [2.24, 2.45) is 0 Å². The van der Waals surface area contributed by atoms with E-state index in [0.29, 0.717) is 5.92 Å². The Bertz CT molecular complexity index is 417. The maximum atomic E-state index is 5.50. The molecule has 0 N–H and O–H groups in total. The molecule has 2 rings (SSSR count). The second-order valence-corrected chi connectivity index (χ2v) is 7.27. The predicted molar refractivity (Wildman–Crippen MR) is 78.3 cm³/mol. The normalized spacial score (nSPS) is 23.1. The van der Waals surface area contributed by atoms with Crippen LogP contribution in [0.3, 0.4) is 0 Å². The second kappa shape index (κ2) is 4.75. The molecule has 2 nitrogen and oxygen atoms in total. The van der Waals surface area contributed by atoms with Gasteiger partial charge in [0.25, 0.3) is 0 Å². The number of piperidine rings is 1. The molecule has 1 aliphatic rings. The standard InChI is InChI=1S/C13H20N2S2/c1-13(2,3)11-8-17-12(14-11)9-7-15(4)6-5-10(9)16/h8-9H,5-7H2,1-4H3. The fourth-order valence-electron chi connectivity index (χ4n) is 1.99. The van der Waals surface area contributed by atoms with Crippen molar-refractivity contribution in [2.45, 2.75) is 38.5 Å². The van der Waals surface area contributed by atoms with Gasteiger partial charge in [-0.2, -0.15) is 0 Å². The Kier molecular flexibility index (Phi) is 3.66. The van der Waals surface area contributed by atoms with Crippen LogP contribution in [0.15, 0.2) is 5.38 Å². The zero-order chi connectivity index (χ0) is 12.6. The summed E-state index contributed by atoms with van der Waals surface area (Å²) in [6.45, 7) is 8.73. The number of likely N-dealkylation sites (N-methyl/N-ethyl adjacent to an activating group) is 1. The summed E-state index contributed by atoms with van der Waals surface area (Å²) in [6, 6.07) is 0. The zero-order valence-corrected chi connectivity index (χ0v) is 12.6. The van der Waals surface area contributed by atoms with Crippen LogP contribution < -0.4 is 0 Å². The lowest BCUT2D eigenvalue weighted by atomic mass is 9.93. The Balaban J connectivity index is 2.22. The Morgan fingerprint density at radius 1 is 1.47 bits per heavy atom. The molecule has 4 heteroatoms. The van der Waals surface area contributed by atoms with Gasteiger partial charge in [-0.3, -0.25) is 0 Å². The third-order valence-electron chi connectivity index (χ3n) is 3.21. The number of likely N-dealkylation sites (tertiary alicyclic amines) is 1. The van der Waals surface area contributed by atoms with Crippen LogP contribution in [0.5, 0.6) is 0 Å². The Morgan fingerprint density at radius 3 is 2.76 bits per heavy atom. The lowest BCUT2D eigenvalue weighted by Crippen LogP contribution is -2.36. The molecule has 1 fully saturated rings. The highest BCUT2D eigenvalue weighted by Gasteiger charge is 2.27. The quantitative estimate of drug-likeness (QED) is 0.728. The minimum atomic E-state index is 0.136. The molecule has 0 spiro atoms. The van der Waals surface area contributed by atoms with Crippen molar-refractivity contribution in [3.05, 3.63) is 16.1 Å². The van der Waals surface area contributed by atoms with E-state index in [9.17, 15) is 0 Å². The summed E-state index contributed by atoms with van der Waals surface area (Å²) in [6.07, 6.45) is 1.03. The van der Waals surface area contributed by atoms with Gasteiger partial charge < -0.3 is 4.90 Å². The van der Waals surface area contributed by atoms with Crippen molar-refractivity contribution in [1.82, 2.24) is 9.88 Å². The molecule has 1 atom stereocenters. The number of aromatic nitrogens is 1. The number of rotatable bonds is 1.